The van der Waals surface area contributed by atoms with E-state index in [1.807, 2.05) is 0 Å². The van der Waals surface area contributed by atoms with Gasteiger partial charge in [0.2, 0.25) is 0 Å². The molecule has 0 saturated heterocycles. The molecule has 7 atom stereocenters. The number of carbonyl (C=O) groups is 1. The molecule has 5 fully saturated rings. The molecule has 0 amide bonds. The minimum absolute atomic E-state index is 0.103. The molecule has 7 unspecified atom stereocenters. The summed E-state index contributed by atoms with van der Waals surface area (Å²) < 4.78 is 5.71. The molecule has 5 aliphatic rings. The molecule has 5 rings (SSSR count). The van der Waals surface area contributed by atoms with Gasteiger partial charge in [0, 0.05) is 18.9 Å². The molecule has 1 spiro atoms. The van der Waals surface area contributed by atoms with Gasteiger partial charge >= 0.3 is 0 Å². The van der Waals surface area contributed by atoms with E-state index >= 15 is 0 Å². The molecular weight excluding hydrogens is 288 g/mol. The molecule has 4 bridgehead atoms. The van der Waals surface area contributed by atoms with Gasteiger partial charge in [0.25, 0.3) is 0 Å². The van der Waals surface area contributed by atoms with E-state index in [1.165, 1.54) is 38.5 Å². The first-order valence-electron chi connectivity index (χ1n) is 9.65. The molecule has 128 valence electrons. The number of aliphatic hydroxyl groups is 1. The van der Waals surface area contributed by atoms with Crippen LogP contribution in [-0.2, 0) is 9.53 Å². The van der Waals surface area contributed by atoms with E-state index in [4.69, 9.17) is 4.74 Å². The quantitative estimate of drug-likeness (QED) is 0.806. The number of fused-ring (bicyclic) bond motifs is 2. The van der Waals surface area contributed by atoms with Gasteiger partial charge in [0.1, 0.15) is 11.4 Å². The third kappa shape index (κ3) is 1.19. The Labute approximate surface area is 139 Å². The molecule has 0 heterocycles. The Morgan fingerprint density at radius 1 is 1.13 bits per heavy atom. The van der Waals surface area contributed by atoms with Gasteiger partial charge in [-0.1, -0.05) is 26.7 Å². The van der Waals surface area contributed by atoms with Crippen molar-refractivity contribution in [3.8, 4) is 0 Å². The van der Waals surface area contributed by atoms with Gasteiger partial charge in [0.05, 0.1) is 12.0 Å². The molecule has 0 aromatic rings. The van der Waals surface area contributed by atoms with Crippen molar-refractivity contribution in [2.24, 2.45) is 34.0 Å². The number of rotatable bonds is 1. The first-order valence-corrected chi connectivity index (χ1v) is 9.65. The summed E-state index contributed by atoms with van der Waals surface area (Å²) in [5.41, 5.74) is -0.633. The fraction of sp³-hybridized carbons (Fsp3) is 0.950. The van der Waals surface area contributed by atoms with Crippen LogP contribution in [0.15, 0.2) is 0 Å². The van der Waals surface area contributed by atoms with Crippen LogP contribution in [0.2, 0.25) is 0 Å². The van der Waals surface area contributed by atoms with Crippen LogP contribution in [-0.4, -0.2) is 29.7 Å². The maximum atomic E-state index is 12.9. The average molecular weight is 318 g/mol. The lowest BCUT2D eigenvalue weighted by molar-refractivity contribution is -0.221. The summed E-state index contributed by atoms with van der Waals surface area (Å²) in [6.07, 6.45) is 9.09. The van der Waals surface area contributed by atoms with Crippen LogP contribution in [0, 0.1) is 34.0 Å². The van der Waals surface area contributed by atoms with E-state index in [2.05, 4.69) is 13.8 Å². The predicted octanol–water partition coefficient (Wildman–Crippen LogP) is 3.34. The van der Waals surface area contributed by atoms with Crippen molar-refractivity contribution in [2.75, 3.05) is 7.11 Å². The Bertz CT molecular complexity index is 579. The van der Waals surface area contributed by atoms with Crippen molar-refractivity contribution in [3.05, 3.63) is 0 Å². The van der Waals surface area contributed by atoms with E-state index in [0.717, 1.165) is 6.42 Å². The summed E-state index contributed by atoms with van der Waals surface area (Å²) in [4.78, 5) is 12.9. The fourth-order valence-electron chi connectivity index (χ4n) is 9.04. The fourth-order valence-corrected chi connectivity index (χ4v) is 9.04. The zero-order valence-electron chi connectivity index (χ0n) is 14.7. The molecule has 3 nitrogen and oxygen atoms in total. The van der Waals surface area contributed by atoms with Crippen molar-refractivity contribution < 1.29 is 14.6 Å². The van der Waals surface area contributed by atoms with Crippen LogP contribution in [0.4, 0.5) is 0 Å². The van der Waals surface area contributed by atoms with Crippen LogP contribution in [0.5, 0.6) is 0 Å². The minimum atomic E-state index is -0.933. The Hall–Kier alpha value is -0.410. The Morgan fingerprint density at radius 3 is 2.48 bits per heavy atom. The summed E-state index contributed by atoms with van der Waals surface area (Å²) in [5, 5.41) is 12.0. The summed E-state index contributed by atoms with van der Waals surface area (Å²) in [7, 11) is 1.68. The summed E-state index contributed by atoms with van der Waals surface area (Å²) in [5.74, 6) is 1.03. The van der Waals surface area contributed by atoms with Gasteiger partial charge in [0.15, 0.2) is 0 Å². The highest BCUT2D eigenvalue weighted by Crippen LogP contribution is 2.86. The second-order valence-electron chi connectivity index (χ2n) is 9.67. The first kappa shape index (κ1) is 14.9. The lowest BCUT2D eigenvalue weighted by Gasteiger charge is -2.61. The number of ketones is 1. The summed E-state index contributed by atoms with van der Waals surface area (Å²) in [6, 6.07) is 0. The number of Topliss-reactive ketones (excluding diaryl/α,β-unsaturated/α-hetero) is 1. The van der Waals surface area contributed by atoms with Gasteiger partial charge in [-0.3, -0.25) is 4.79 Å². The monoisotopic (exact) mass is 318 g/mol. The van der Waals surface area contributed by atoms with Crippen LogP contribution in [0.25, 0.3) is 0 Å². The maximum absolute atomic E-state index is 12.9. The molecule has 5 saturated carbocycles. The smallest absolute Gasteiger partial charge is 0.141 e. The summed E-state index contributed by atoms with van der Waals surface area (Å²) >= 11 is 0. The van der Waals surface area contributed by atoms with E-state index in [1.54, 1.807) is 7.11 Å². The SMILES string of the molecule is COC1CC(=O)C2C3CC4CCC5(CCCC5)C3(C)C4(C)C12O. The van der Waals surface area contributed by atoms with E-state index in [0.29, 0.717) is 23.7 Å². The molecule has 1 N–H and O–H groups in total. The number of hydrogen-bond acceptors (Lipinski definition) is 3. The highest BCUT2D eigenvalue weighted by molar-refractivity contribution is 5.88. The second-order valence-corrected chi connectivity index (χ2v) is 9.67. The van der Waals surface area contributed by atoms with Crippen molar-refractivity contribution in [1.29, 1.82) is 0 Å². The molecule has 0 aromatic heterocycles. The van der Waals surface area contributed by atoms with Crippen LogP contribution in [0.3, 0.4) is 0 Å². The molecule has 3 heteroatoms. The third-order valence-electron chi connectivity index (χ3n) is 10.0. The normalized spacial score (nSPS) is 59.0. The third-order valence-corrected chi connectivity index (χ3v) is 10.0. The van der Waals surface area contributed by atoms with Crippen molar-refractivity contribution in [2.45, 2.75) is 76.9 Å². The molecule has 23 heavy (non-hydrogen) atoms. The second kappa shape index (κ2) is 4.04. The van der Waals surface area contributed by atoms with Crippen molar-refractivity contribution >= 4 is 5.78 Å². The van der Waals surface area contributed by atoms with Crippen LogP contribution >= 0.6 is 0 Å². The van der Waals surface area contributed by atoms with E-state index in [-0.39, 0.29) is 28.6 Å². The standard InChI is InChI=1S/C20H30O3/c1-17-12-6-9-19(7-4-5-8-19)18(17,2)13(10-12)16-14(21)11-15(23-3)20(16,17)22/h12-13,15-16,22H,4-11H2,1-3H3. The molecular formula is C20H30O3. The molecule has 5 aliphatic carbocycles. The Morgan fingerprint density at radius 2 is 1.83 bits per heavy atom. The van der Waals surface area contributed by atoms with Crippen molar-refractivity contribution in [3.63, 3.8) is 0 Å². The van der Waals surface area contributed by atoms with Gasteiger partial charge in [-0.05, 0) is 54.8 Å². The van der Waals surface area contributed by atoms with Gasteiger partial charge in [-0.25, -0.2) is 0 Å². The largest absolute Gasteiger partial charge is 0.386 e. The lowest BCUT2D eigenvalue weighted by atomic mass is 9.44. The number of ether oxygens (including phenoxy) is 1. The van der Waals surface area contributed by atoms with Crippen LogP contribution < -0.4 is 0 Å². The summed E-state index contributed by atoms with van der Waals surface area (Å²) in [6.45, 7) is 4.79. The highest BCUT2D eigenvalue weighted by Gasteiger charge is 2.87. The molecule has 0 aromatic carbocycles. The van der Waals surface area contributed by atoms with Crippen LogP contribution in [0.1, 0.15) is 65.2 Å². The zero-order chi connectivity index (χ0) is 16.3. The van der Waals surface area contributed by atoms with Gasteiger partial charge in [-0.15, -0.1) is 0 Å². The average Bonchev–Trinajstić information content (AvgIpc) is 3.16. The predicted molar refractivity (Wildman–Crippen MR) is 86.8 cm³/mol. The Kier molecular flexibility index (Phi) is 2.62. The minimum Gasteiger partial charge on any atom is -0.386 e. The highest BCUT2D eigenvalue weighted by atomic mass is 16.5. The molecule has 0 radical (unpaired) electrons. The maximum Gasteiger partial charge on any atom is 0.141 e. The number of methoxy groups -OCH3 is 1. The Balaban J connectivity index is 1.75. The van der Waals surface area contributed by atoms with E-state index < -0.39 is 5.60 Å². The number of carbonyl (C=O) groups excluding carboxylic acids is 1. The van der Waals surface area contributed by atoms with E-state index in [9.17, 15) is 9.90 Å². The molecule has 0 aliphatic heterocycles. The van der Waals surface area contributed by atoms with Gasteiger partial charge in [-0.2, -0.15) is 0 Å². The lowest BCUT2D eigenvalue weighted by Crippen LogP contribution is -2.63. The first-order chi connectivity index (χ1) is 10.9. The van der Waals surface area contributed by atoms with Gasteiger partial charge < -0.3 is 9.84 Å². The number of hydrogen-bond donors (Lipinski definition) is 1. The van der Waals surface area contributed by atoms with Crippen molar-refractivity contribution in [1.82, 2.24) is 0 Å². The zero-order valence-corrected chi connectivity index (χ0v) is 14.7. The topological polar surface area (TPSA) is 46.5 Å².